The Morgan fingerprint density at radius 1 is 1.33 bits per heavy atom. The Hall–Kier alpha value is -0.850. The number of halogens is 2. The molecule has 1 atom stereocenters. The third kappa shape index (κ3) is 8.90. The maximum absolute atomic E-state index is 11.6. The first-order valence-corrected chi connectivity index (χ1v) is 6.27. The summed E-state index contributed by atoms with van der Waals surface area (Å²) in [6.07, 6.45) is 0. The third-order valence-electron chi connectivity index (χ3n) is 2.64. The number of amides is 1. The number of ether oxygens (including phenoxy) is 1. The Morgan fingerprint density at radius 2 is 1.95 bits per heavy atom. The molecular formula is C14H25Cl2N3O2. The summed E-state index contributed by atoms with van der Waals surface area (Å²) in [5.74, 6) is -0.195. The first-order valence-electron chi connectivity index (χ1n) is 6.27. The molecule has 0 aromatic heterocycles. The van der Waals surface area contributed by atoms with Crippen LogP contribution in [0, 0.1) is 0 Å². The van der Waals surface area contributed by atoms with Crippen LogP contribution in [0.4, 0.5) is 0 Å². The molecule has 1 aromatic rings. The molecule has 0 fully saturated rings. The van der Waals surface area contributed by atoms with Crippen LogP contribution < -0.4 is 11.1 Å². The highest BCUT2D eigenvalue weighted by molar-refractivity contribution is 5.85. The average Bonchev–Trinajstić information content (AvgIpc) is 2.36. The van der Waals surface area contributed by atoms with Crippen LogP contribution in [0.2, 0.25) is 0 Å². The summed E-state index contributed by atoms with van der Waals surface area (Å²) < 4.78 is 4.85. The number of hydrogen-bond donors (Lipinski definition) is 2. The van der Waals surface area contributed by atoms with Gasteiger partial charge in [-0.3, -0.25) is 4.79 Å². The van der Waals surface area contributed by atoms with Gasteiger partial charge < -0.3 is 20.7 Å². The molecule has 7 heteroatoms. The number of benzene rings is 1. The van der Waals surface area contributed by atoms with Crippen LogP contribution in [0.25, 0.3) is 0 Å². The molecule has 122 valence electrons. The number of hydrogen-bond acceptors (Lipinski definition) is 4. The minimum absolute atomic E-state index is 0. The van der Waals surface area contributed by atoms with E-state index in [4.69, 9.17) is 10.5 Å². The summed E-state index contributed by atoms with van der Waals surface area (Å²) in [4.78, 5) is 13.7. The van der Waals surface area contributed by atoms with Gasteiger partial charge in [-0.1, -0.05) is 24.3 Å². The minimum Gasteiger partial charge on any atom is -0.383 e. The van der Waals surface area contributed by atoms with Crippen LogP contribution in [0.1, 0.15) is 11.1 Å². The van der Waals surface area contributed by atoms with Gasteiger partial charge in [0.2, 0.25) is 5.91 Å². The fraction of sp³-hybridized carbons (Fsp3) is 0.500. The lowest BCUT2D eigenvalue weighted by atomic mass is 10.1. The Balaban J connectivity index is 0. The van der Waals surface area contributed by atoms with E-state index in [1.54, 1.807) is 0 Å². The van der Waals surface area contributed by atoms with E-state index in [0.717, 1.165) is 12.1 Å². The molecule has 1 unspecified atom stereocenters. The number of methoxy groups -OCH3 is 1. The predicted octanol–water partition coefficient (Wildman–Crippen LogP) is 1.18. The van der Waals surface area contributed by atoms with Crippen molar-refractivity contribution in [1.82, 2.24) is 10.2 Å². The molecule has 0 bridgehead atoms. The van der Waals surface area contributed by atoms with Crippen molar-refractivity contribution >= 4 is 30.7 Å². The van der Waals surface area contributed by atoms with Crippen molar-refractivity contribution in [2.75, 3.05) is 27.8 Å². The molecule has 0 spiro atoms. The van der Waals surface area contributed by atoms with Crippen LogP contribution in [0.5, 0.6) is 0 Å². The summed E-state index contributed by atoms with van der Waals surface area (Å²) in [5.41, 5.74) is 7.93. The van der Waals surface area contributed by atoms with Crippen LogP contribution in [-0.4, -0.2) is 44.7 Å². The summed E-state index contributed by atoms with van der Waals surface area (Å²) in [5, 5.41) is 2.81. The number of nitrogens with one attached hydrogen (secondary N) is 1. The first-order chi connectivity index (χ1) is 9.02. The molecule has 1 rings (SSSR count). The van der Waals surface area contributed by atoms with Crippen molar-refractivity contribution in [2.24, 2.45) is 5.73 Å². The van der Waals surface area contributed by atoms with Gasteiger partial charge in [-0.25, -0.2) is 0 Å². The zero-order chi connectivity index (χ0) is 14.3. The number of carbonyl (C=O) groups is 1. The lowest BCUT2D eigenvalue weighted by Gasteiger charge is -2.13. The lowest BCUT2D eigenvalue weighted by Crippen LogP contribution is -2.43. The van der Waals surface area contributed by atoms with E-state index in [0.29, 0.717) is 6.54 Å². The standard InChI is InChI=1S/C14H23N3O2.2ClH/c1-17(2)9-12-6-4-5-11(7-12)8-16-14(18)13(15)10-19-3;;/h4-7,13H,8-10,15H2,1-3H3,(H,16,18);2*1H. The van der Waals surface area contributed by atoms with Gasteiger partial charge in [0.25, 0.3) is 0 Å². The molecule has 0 aliphatic rings. The molecule has 0 aliphatic heterocycles. The van der Waals surface area contributed by atoms with E-state index in [1.807, 2.05) is 26.2 Å². The molecule has 0 saturated heterocycles. The molecule has 3 N–H and O–H groups in total. The highest BCUT2D eigenvalue weighted by Gasteiger charge is 2.12. The number of rotatable bonds is 7. The molecule has 0 radical (unpaired) electrons. The van der Waals surface area contributed by atoms with Crippen molar-refractivity contribution < 1.29 is 9.53 Å². The Bertz CT molecular complexity index is 417. The van der Waals surface area contributed by atoms with E-state index in [-0.39, 0.29) is 37.3 Å². The molecular weight excluding hydrogens is 313 g/mol. The number of nitrogens with two attached hydrogens (primary N) is 1. The van der Waals surface area contributed by atoms with Gasteiger partial charge in [0, 0.05) is 20.2 Å². The van der Waals surface area contributed by atoms with Gasteiger partial charge in [-0.15, -0.1) is 24.8 Å². The molecule has 1 aromatic carbocycles. The van der Waals surface area contributed by atoms with Gasteiger partial charge in [-0.05, 0) is 25.2 Å². The molecule has 21 heavy (non-hydrogen) atoms. The van der Waals surface area contributed by atoms with Crippen LogP contribution in [0.15, 0.2) is 24.3 Å². The topological polar surface area (TPSA) is 67.6 Å². The first kappa shape index (κ1) is 22.4. The fourth-order valence-electron chi connectivity index (χ4n) is 1.78. The maximum Gasteiger partial charge on any atom is 0.239 e. The van der Waals surface area contributed by atoms with Crippen molar-refractivity contribution in [3.05, 3.63) is 35.4 Å². The van der Waals surface area contributed by atoms with E-state index in [2.05, 4.69) is 22.3 Å². The van der Waals surface area contributed by atoms with Crippen molar-refractivity contribution in [3.63, 3.8) is 0 Å². The second kappa shape index (κ2) is 11.8. The molecule has 0 saturated carbocycles. The monoisotopic (exact) mass is 337 g/mol. The second-order valence-corrected chi connectivity index (χ2v) is 4.84. The van der Waals surface area contributed by atoms with E-state index in [1.165, 1.54) is 12.7 Å². The van der Waals surface area contributed by atoms with E-state index >= 15 is 0 Å². The summed E-state index contributed by atoms with van der Waals surface area (Å²) in [7, 11) is 5.58. The van der Waals surface area contributed by atoms with Gasteiger partial charge in [0.05, 0.1) is 6.61 Å². The van der Waals surface area contributed by atoms with E-state index in [9.17, 15) is 4.79 Å². The zero-order valence-corrected chi connectivity index (χ0v) is 14.3. The number of carbonyl (C=O) groups excluding carboxylic acids is 1. The molecule has 5 nitrogen and oxygen atoms in total. The van der Waals surface area contributed by atoms with Gasteiger partial charge in [-0.2, -0.15) is 0 Å². The Kier molecular flexibility index (Phi) is 12.6. The maximum atomic E-state index is 11.6. The van der Waals surface area contributed by atoms with Crippen LogP contribution in [0.3, 0.4) is 0 Å². The van der Waals surface area contributed by atoms with Gasteiger partial charge >= 0.3 is 0 Å². The van der Waals surface area contributed by atoms with Crippen molar-refractivity contribution in [2.45, 2.75) is 19.1 Å². The second-order valence-electron chi connectivity index (χ2n) is 4.84. The van der Waals surface area contributed by atoms with Gasteiger partial charge in [0.15, 0.2) is 0 Å². The largest absolute Gasteiger partial charge is 0.383 e. The quantitative estimate of drug-likeness (QED) is 0.784. The molecule has 1 amide bonds. The van der Waals surface area contributed by atoms with Crippen molar-refractivity contribution in [1.29, 1.82) is 0 Å². The predicted molar refractivity (Wildman–Crippen MR) is 90.0 cm³/mol. The molecule has 0 aliphatic carbocycles. The summed E-state index contributed by atoms with van der Waals surface area (Å²) in [6.45, 7) is 1.59. The zero-order valence-electron chi connectivity index (χ0n) is 12.7. The minimum atomic E-state index is -0.616. The fourth-order valence-corrected chi connectivity index (χ4v) is 1.78. The number of nitrogens with zero attached hydrogens (tertiary/aromatic N) is 1. The average molecular weight is 338 g/mol. The van der Waals surface area contributed by atoms with Crippen molar-refractivity contribution in [3.8, 4) is 0 Å². The SMILES string of the molecule is COCC(N)C(=O)NCc1cccc(CN(C)C)c1.Cl.Cl. The highest BCUT2D eigenvalue weighted by Crippen LogP contribution is 2.06. The highest BCUT2D eigenvalue weighted by atomic mass is 35.5. The van der Waals surface area contributed by atoms with Gasteiger partial charge in [0.1, 0.15) is 6.04 Å². The Labute approximate surface area is 139 Å². The van der Waals surface area contributed by atoms with Crippen LogP contribution in [-0.2, 0) is 22.6 Å². The van der Waals surface area contributed by atoms with E-state index < -0.39 is 6.04 Å². The third-order valence-corrected chi connectivity index (χ3v) is 2.64. The smallest absolute Gasteiger partial charge is 0.239 e. The normalized spacial score (nSPS) is 11.3. The lowest BCUT2D eigenvalue weighted by molar-refractivity contribution is -0.123. The van der Waals surface area contributed by atoms with Crippen LogP contribution >= 0.6 is 24.8 Å². The summed E-state index contributed by atoms with van der Waals surface area (Å²) in [6, 6.07) is 7.52. The molecule has 0 heterocycles. The summed E-state index contributed by atoms with van der Waals surface area (Å²) >= 11 is 0. The Morgan fingerprint density at radius 3 is 2.52 bits per heavy atom.